The Bertz CT molecular complexity index is 991. The number of fused-ring (bicyclic) bond motifs is 1. The molecule has 0 aliphatic carbocycles. The number of hydrogen-bond donors (Lipinski definition) is 3. The van der Waals surface area contributed by atoms with Crippen LogP contribution in [0.4, 0.5) is 0 Å². The van der Waals surface area contributed by atoms with E-state index in [4.69, 9.17) is 15.2 Å². The molecule has 2 aliphatic heterocycles. The number of aromatic nitrogens is 1. The van der Waals surface area contributed by atoms with Gasteiger partial charge < -0.3 is 25.4 Å². The maximum atomic E-state index is 13.2. The Morgan fingerprint density at radius 2 is 1.92 bits per heavy atom. The van der Waals surface area contributed by atoms with Crippen LogP contribution in [0, 0.1) is 24.2 Å². The Hall–Kier alpha value is -1.65. The number of ketones is 1. The van der Waals surface area contributed by atoms with E-state index in [-0.39, 0.29) is 24.2 Å². The van der Waals surface area contributed by atoms with E-state index in [1.165, 1.54) is 11.3 Å². The summed E-state index contributed by atoms with van der Waals surface area (Å²) in [5, 5.41) is 24.6. The number of Topliss-reactive ketones (excluding diaryl/α,β-unsaturated/α-hetero) is 1. The average molecular weight is 523 g/mol. The van der Waals surface area contributed by atoms with Crippen LogP contribution in [0.5, 0.6) is 0 Å². The molecule has 3 heterocycles. The fourth-order valence-electron chi connectivity index (χ4n) is 5.29. The fourth-order valence-corrected chi connectivity index (χ4v) is 5.86. The van der Waals surface area contributed by atoms with Crippen molar-refractivity contribution in [3.8, 4) is 0 Å². The minimum Gasteiger partial charge on any atom is -0.456 e. The lowest BCUT2D eigenvalue weighted by Crippen LogP contribution is -2.47. The summed E-state index contributed by atoms with van der Waals surface area (Å²) in [6.07, 6.45) is 0.548. The maximum Gasteiger partial charge on any atom is 0.309 e. The molecule has 2 fully saturated rings. The van der Waals surface area contributed by atoms with Gasteiger partial charge in [0.2, 0.25) is 0 Å². The number of rotatable bonds is 2. The van der Waals surface area contributed by atoms with Crippen molar-refractivity contribution in [2.24, 2.45) is 23.0 Å². The lowest BCUT2D eigenvalue weighted by molar-refractivity contribution is -0.155. The summed E-state index contributed by atoms with van der Waals surface area (Å²) in [6, 6.07) is -0.613. The minimum absolute atomic E-state index is 0.108. The number of carbonyl (C=O) groups is 2. The molecule has 8 atom stereocenters. The Morgan fingerprint density at radius 1 is 1.25 bits per heavy atom. The summed E-state index contributed by atoms with van der Waals surface area (Å²) in [4.78, 5) is 30.7. The van der Waals surface area contributed by atoms with Crippen LogP contribution in [0.25, 0.3) is 6.08 Å². The number of nitrogens with two attached hydrogens (primary N) is 1. The summed E-state index contributed by atoms with van der Waals surface area (Å²) >= 11 is 1.53. The third-order valence-corrected chi connectivity index (χ3v) is 8.82. The van der Waals surface area contributed by atoms with Crippen LogP contribution < -0.4 is 5.73 Å². The highest BCUT2D eigenvalue weighted by Gasteiger charge is 2.57. The SMILES string of the molecule is C/C(=C\c1csc(C)n1)C1OC(=O)CC(O)C(C)(C)C(=O)C(C)C(O)C(C)CCC[C@@]2(C)O[C@H]2C1N. The van der Waals surface area contributed by atoms with Gasteiger partial charge in [-0.25, -0.2) is 4.98 Å². The normalized spacial score (nSPS) is 38.8. The number of thiazole rings is 1. The predicted molar refractivity (Wildman–Crippen MR) is 139 cm³/mol. The molecule has 3 rings (SSSR count). The lowest BCUT2D eigenvalue weighted by Gasteiger charge is -2.34. The van der Waals surface area contributed by atoms with Crippen LogP contribution in [-0.2, 0) is 19.1 Å². The predicted octanol–water partition coefficient (Wildman–Crippen LogP) is 3.41. The van der Waals surface area contributed by atoms with Crippen molar-refractivity contribution in [1.82, 2.24) is 4.98 Å². The molecule has 1 aromatic heterocycles. The number of carbonyl (C=O) groups excluding carboxylic acids is 2. The van der Waals surface area contributed by atoms with Gasteiger partial charge in [0.25, 0.3) is 0 Å². The third-order valence-electron chi connectivity index (χ3n) is 8.03. The molecule has 1 aromatic rings. The second-order valence-corrected chi connectivity index (χ2v) is 12.5. The molecule has 0 bridgehead atoms. The van der Waals surface area contributed by atoms with E-state index in [1.807, 2.05) is 39.2 Å². The zero-order valence-corrected chi connectivity index (χ0v) is 23.3. The fraction of sp³-hybridized carbons (Fsp3) is 0.741. The van der Waals surface area contributed by atoms with E-state index in [2.05, 4.69) is 4.98 Å². The van der Waals surface area contributed by atoms with Gasteiger partial charge in [0.1, 0.15) is 18.0 Å². The van der Waals surface area contributed by atoms with Crippen molar-refractivity contribution in [3.63, 3.8) is 0 Å². The lowest BCUT2D eigenvalue weighted by atomic mass is 9.73. The van der Waals surface area contributed by atoms with Gasteiger partial charge in [-0.15, -0.1) is 11.3 Å². The Balaban J connectivity index is 1.91. The number of hydrogen-bond acceptors (Lipinski definition) is 9. The Labute approximate surface area is 218 Å². The molecule has 0 amide bonds. The van der Waals surface area contributed by atoms with E-state index < -0.39 is 47.3 Å². The number of ether oxygens (including phenoxy) is 2. The molecule has 2 saturated heterocycles. The maximum absolute atomic E-state index is 13.2. The van der Waals surface area contributed by atoms with E-state index in [9.17, 15) is 19.8 Å². The van der Waals surface area contributed by atoms with Crippen molar-refractivity contribution in [1.29, 1.82) is 0 Å². The third kappa shape index (κ3) is 6.25. The average Bonchev–Trinajstić information content (AvgIpc) is 3.31. The van der Waals surface area contributed by atoms with Gasteiger partial charge in [0, 0.05) is 11.3 Å². The van der Waals surface area contributed by atoms with Crippen LogP contribution in [0.3, 0.4) is 0 Å². The van der Waals surface area contributed by atoms with Crippen molar-refractivity contribution in [2.45, 2.75) is 110 Å². The highest BCUT2D eigenvalue weighted by Crippen LogP contribution is 2.44. The smallest absolute Gasteiger partial charge is 0.309 e. The minimum atomic E-state index is -1.28. The second kappa shape index (κ2) is 11.0. The first kappa shape index (κ1) is 28.9. The Kier molecular flexibility index (Phi) is 8.83. The van der Waals surface area contributed by atoms with Crippen molar-refractivity contribution >= 4 is 29.2 Å². The number of esters is 1. The number of aliphatic hydroxyl groups excluding tert-OH is 2. The van der Waals surface area contributed by atoms with E-state index in [1.54, 1.807) is 20.8 Å². The van der Waals surface area contributed by atoms with Crippen LogP contribution in [0.15, 0.2) is 11.0 Å². The molecule has 0 saturated carbocycles. The van der Waals surface area contributed by atoms with Gasteiger partial charge >= 0.3 is 5.97 Å². The van der Waals surface area contributed by atoms with Gasteiger partial charge in [-0.2, -0.15) is 0 Å². The summed E-state index contributed by atoms with van der Waals surface area (Å²) < 4.78 is 11.9. The summed E-state index contributed by atoms with van der Waals surface area (Å²) in [6.45, 7) is 12.6. The van der Waals surface area contributed by atoms with Crippen LogP contribution in [-0.4, -0.2) is 63.0 Å². The van der Waals surface area contributed by atoms with Crippen molar-refractivity contribution in [2.75, 3.05) is 0 Å². The first-order valence-corrected chi connectivity index (χ1v) is 13.7. The zero-order valence-electron chi connectivity index (χ0n) is 22.5. The molecule has 8 nitrogen and oxygen atoms in total. The monoisotopic (exact) mass is 522 g/mol. The quantitative estimate of drug-likeness (QED) is 0.397. The molecule has 202 valence electrons. The van der Waals surface area contributed by atoms with Gasteiger partial charge in [0.15, 0.2) is 0 Å². The topological polar surface area (TPSA) is 135 Å². The zero-order chi connectivity index (χ0) is 27.0. The van der Waals surface area contributed by atoms with Gasteiger partial charge in [-0.05, 0) is 51.2 Å². The molecule has 36 heavy (non-hydrogen) atoms. The van der Waals surface area contributed by atoms with Gasteiger partial charge in [0.05, 0.1) is 46.4 Å². The standard InChI is InChI=1S/C27H42N2O6S/c1-14-9-8-10-27(7)25(35-27)21(28)23(15(2)11-18-13-36-17(4)29-18)34-20(31)12-19(30)26(5,6)24(33)16(3)22(14)32/h11,13-14,16,19,21-23,25,30,32H,8-10,12,28H2,1-7H3/b15-11+/t14?,16?,19?,21?,22?,23?,25-,27+/m0/s1. The molecule has 2 aliphatic rings. The number of epoxide rings is 1. The Morgan fingerprint density at radius 3 is 2.53 bits per heavy atom. The van der Waals surface area contributed by atoms with Crippen LogP contribution in [0.2, 0.25) is 0 Å². The molecule has 0 radical (unpaired) electrons. The number of aliphatic hydroxyl groups is 2. The van der Waals surface area contributed by atoms with Crippen LogP contribution in [0.1, 0.15) is 77.9 Å². The molecular weight excluding hydrogens is 480 g/mol. The largest absolute Gasteiger partial charge is 0.456 e. The van der Waals surface area contributed by atoms with E-state index in [0.717, 1.165) is 35.5 Å². The number of nitrogens with zero attached hydrogens (tertiary/aromatic N) is 1. The summed E-state index contributed by atoms with van der Waals surface area (Å²) in [5.74, 6) is -1.72. The van der Waals surface area contributed by atoms with Crippen LogP contribution >= 0.6 is 11.3 Å². The van der Waals surface area contributed by atoms with Gasteiger partial charge in [-0.1, -0.05) is 34.1 Å². The molecule has 6 unspecified atom stereocenters. The summed E-state index contributed by atoms with van der Waals surface area (Å²) in [7, 11) is 0. The van der Waals surface area contributed by atoms with Crippen molar-refractivity contribution in [3.05, 3.63) is 21.7 Å². The van der Waals surface area contributed by atoms with Crippen molar-refractivity contribution < 1.29 is 29.3 Å². The molecule has 0 aromatic carbocycles. The second-order valence-electron chi connectivity index (χ2n) is 11.5. The molecular formula is C27H42N2O6S. The molecule has 9 heteroatoms. The highest BCUT2D eigenvalue weighted by molar-refractivity contribution is 7.09. The first-order valence-electron chi connectivity index (χ1n) is 12.8. The molecule has 0 spiro atoms. The highest BCUT2D eigenvalue weighted by atomic mass is 32.1. The number of cyclic esters (lactones) is 1. The van der Waals surface area contributed by atoms with E-state index >= 15 is 0 Å². The molecule has 4 N–H and O–H groups in total. The summed E-state index contributed by atoms with van der Waals surface area (Å²) in [5.41, 5.74) is 6.44. The van der Waals surface area contributed by atoms with Gasteiger partial charge in [-0.3, -0.25) is 9.59 Å². The first-order chi connectivity index (χ1) is 16.7. The van der Waals surface area contributed by atoms with E-state index in [0.29, 0.717) is 0 Å². The number of aryl methyl sites for hydroxylation is 1.